The lowest BCUT2D eigenvalue weighted by Crippen LogP contribution is -2.50. The normalized spacial score (nSPS) is 12.8. The fraction of sp³-hybridized carbons (Fsp3) is 0.316. The number of nitrogens with one attached hydrogen (secondary N) is 1. The van der Waals surface area contributed by atoms with Gasteiger partial charge < -0.3 is 5.32 Å². The minimum atomic E-state index is -6.20. The second-order valence-corrected chi connectivity index (χ2v) is 6.15. The Morgan fingerprint density at radius 2 is 1.46 bits per heavy atom. The van der Waals surface area contributed by atoms with Crippen LogP contribution in [0.1, 0.15) is 34.0 Å². The maximum atomic E-state index is 14.4. The van der Waals surface area contributed by atoms with E-state index in [1.165, 1.54) is 26.0 Å². The van der Waals surface area contributed by atoms with Crippen molar-refractivity contribution in [1.29, 1.82) is 0 Å². The molecule has 2 aromatic rings. The summed E-state index contributed by atoms with van der Waals surface area (Å²) in [6.45, 7) is 2.67. The van der Waals surface area contributed by atoms with Gasteiger partial charge in [-0.05, 0) is 42.7 Å². The minimum absolute atomic E-state index is 0.0229. The monoisotopic (exact) mass is 407 g/mol. The minimum Gasteiger partial charge on any atom is -0.321 e. The maximum Gasteiger partial charge on any atom is 0.435 e. The molecule has 0 aliphatic carbocycles. The summed E-state index contributed by atoms with van der Waals surface area (Å²) in [7, 11) is 0. The van der Waals surface area contributed by atoms with Crippen molar-refractivity contribution in [3.05, 3.63) is 64.7 Å². The number of benzene rings is 2. The number of anilines is 1. The number of carbonyl (C=O) groups excluding carboxylic acids is 1. The van der Waals surface area contributed by atoms with Crippen LogP contribution in [-0.4, -0.2) is 18.3 Å². The van der Waals surface area contributed by atoms with Gasteiger partial charge in [-0.25, -0.2) is 4.39 Å². The van der Waals surface area contributed by atoms with Gasteiger partial charge in [0.05, 0.1) is 0 Å². The molecule has 0 atom stereocenters. The highest BCUT2D eigenvalue weighted by Crippen LogP contribution is 2.53. The predicted octanol–water partition coefficient (Wildman–Crippen LogP) is 6.10. The molecule has 0 heterocycles. The summed E-state index contributed by atoms with van der Waals surface area (Å²) in [4.78, 5) is 12.3. The zero-order chi connectivity index (χ0) is 21.3. The van der Waals surface area contributed by atoms with E-state index in [0.29, 0.717) is 12.1 Å². The molecule has 0 fully saturated rings. The van der Waals surface area contributed by atoms with Gasteiger partial charge in [0, 0.05) is 16.8 Å². The van der Waals surface area contributed by atoms with Crippen LogP contribution in [0, 0.1) is 6.92 Å². The topological polar surface area (TPSA) is 29.1 Å². The summed E-state index contributed by atoms with van der Waals surface area (Å²) in [5, 5.41) is 2.48. The van der Waals surface area contributed by atoms with E-state index in [9.17, 15) is 35.5 Å². The van der Waals surface area contributed by atoms with E-state index in [2.05, 4.69) is 5.32 Å². The molecule has 0 saturated carbocycles. The summed E-state index contributed by atoms with van der Waals surface area (Å²) in [5.41, 5.74) is -6.95. The van der Waals surface area contributed by atoms with Crippen molar-refractivity contribution in [2.45, 2.75) is 38.3 Å². The van der Waals surface area contributed by atoms with Gasteiger partial charge in [-0.3, -0.25) is 4.79 Å². The highest BCUT2D eigenvalue weighted by molar-refractivity contribution is 6.05. The van der Waals surface area contributed by atoms with Crippen LogP contribution in [0.2, 0.25) is 0 Å². The summed E-state index contributed by atoms with van der Waals surface area (Å²) in [5.74, 6) is -0.593. The van der Waals surface area contributed by atoms with Crippen molar-refractivity contribution in [2.75, 3.05) is 5.32 Å². The third kappa shape index (κ3) is 3.83. The van der Waals surface area contributed by atoms with Crippen molar-refractivity contribution in [1.82, 2.24) is 0 Å². The predicted molar refractivity (Wildman–Crippen MR) is 89.8 cm³/mol. The molecule has 9 heteroatoms. The Hall–Kier alpha value is -2.58. The molecule has 0 aliphatic heterocycles. The van der Waals surface area contributed by atoms with Gasteiger partial charge in [-0.1, -0.05) is 31.2 Å². The first-order valence-electron chi connectivity index (χ1n) is 8.15. The molecular weight excluding hydrogens is 391 g/mol. The third-order valence-corrected chi connectivity index (χ3v) is 4.25. The quantitative estimate of drug-likeness (QED) is 0.610. The van der Waals surface area contributed by atoms with Crippen molar-refractivity contribution in [3.8, 4) is 0 Å². The van der Waals surface area contributed by atoms with E-state index in [1.807, 2.05) is 0 Å². The smallest absolute Gasteiger partial charge is 0.321 e. The average molecular weight is 407 g/mol. The highest BCUT2D eigenvalue weighted by Gasteiger charge is 2.73. The van der Waals surface area contributed by atoms with Crippen LogP contribution in [0.4, 0.5) is 36.4 Å². The van der Waals surface area contributed by atoms with Crippen molar-refractivity contribution < 1.29 is 35.5 Å². The van der Waals surface area contributed by atoms with Crippen LogP contribution >= 0.6 is 0 Å². The summed E-state index contributed by atoms with van der Waals surface area (Å²) < 4.78 is 92.5. The van der Waals surface area contributed by atoms with Gasteiger partial charge in [0.2, 0.25) is 0 Å². The Morgan fingerprint density at radius 3 is 1.93 bits per heavy atom. The zero-order valence-corrected chi connectivity index (χ0v) is 14.8. The Bertz CT molecular complexity index is 843. The van der Waals surface area contributed by atoms with Crippen LogP contribution in [0.3, 0.4) is 0 Å². The van der Waals surface area contributed by atoms with Crippen molar-refractivity contribution >= 4 is 11.6 Å². The molecule has 0 radical (unpaired) electrons. The number of carbonyl (C=O) groups is 1. The molecule has 2 aromatic carbocycles. The first kappa shape index (κ1) is 21.7. The number of aryl methyl sites for hydroxylation is 2. The lowest BCUT2D eigenvalue weighted by Gasteiger charge is -2.31. The second-order valence-electron chi connectivity index (χ2n) is 6.15. The second kappa shape index (κ2) is 7.44. The number of hydrogen-bond acceptors (Lipinski definition) is 1. The lowest BCUT2D eigenvalue weighted by molar-refractivity contribution is -0.348. The molecule has 2 nitrogen and oxygen atoms in total. The van der Waals surface area contributed by atoms with Crippen LogP contribution in [-0.2, 0) is 12.1 Å². The number of hydrogen-bond donors (Lipinski definition) is 1. The Kier molecular flexibility index (Phi) is 5.77. The van der Waals surface area contributed by atoms with Gasteiger partial charge in [0.1, 0.15) is 0 Å². The van der Waals surface area contributed by atoms with E-state index < -0.39 is 29.5 Å². The summed E-state index contributed by atoms with van der Waals surface area (Å²) in [6.07, 6.45) is -12.4. The molecule has 0 aliphatic rings. The van der Waals surface area contributed by atoms with Gasteiger partial charge in [-0.2, -0.15) is 26.3 Å². The van der Waals surface area contributed by atoms with E-state index in [0.717, 1.165) is 0 Å². The Balaban J connectivity index is 2.56. The molecule has 152 valence electrons. The van der Waals surface area contributed by atoms with E-state index in [-0.39, 0.29) is 28.8 Å². The van der Waals surface area contributed by atoms with Crippen LogP contribution in [0.15, 0.2) is 42.5 Å². The van der Waals surface area contributed by atoms with Crippen molar-refractivity contribution in [3.63, 3.8) is 0 Å². The fourth-order valence-corrected chi connectivity index (χ4v) is 2.78. The fourth-order valence-electron chi connectivity index (χ4n) is 2.78. The molecule has 28 heavy (non-hydrogen) atoms. The van der Waals surface area contributed by atoms with Gasteiger partial charge in [0.25, 0.3) is 5.91 Å². The highest BCUT2D eigenvalue weighted by atomic mass is 19.4. The molecule has 0 saturated heterocycles. The number of amides is 1. The van der Waals surface area contributed by atoms with Crippen LogP contribution in [0.5, 0.6) is 0 Å². The van der Waals surface area contributed by atoms with E-state index in [4.69, 9.17) is 0 Å². The lowest BCUT2D eigenvalue weighted by atomic mass is 9.89. The summed E-state index contributed by atoms with van der Waals surface area (Å²) >= 11 is 0. The van der Waals surface area contributed by atoms with E-state index in [1.54, 1.807) is 18.2 Å². The van der Waals surface area contributed by atoms with E-state index >= 15 is 0 Å². The van der Waals surface area contributed by atoms with Gasteiger partial charge in [0.15, 0.2) is 0 Å². The number of alkyl halides is 7. The number of rotatable bonds is 4. The maximum absolute atomic E-state index is 14.4. The Morgan fingerprint density at radius 1 is 0.929 bits per heavy atom. The molecule has 0 aromatic heterocycles. The van der Waals surface area contributed by atoms with Gasteiger partial charge in [-0.15, -0.1) is 0 Å². The van der Waals surface area contributed by atoms with Crippen LogP contribution < -0.4 is 5.32 Å². The molecule has 1 N–H and O–H groups in total. The zero-order valence-electron chi connectivity index (χ0n) is 14.8. The Labute approximate surface area is 156 Å². The standard InChI is InChI=1S/C19H16F7NO/c1-3-12-10-14(17(20,18(21,22)23)19(24,25)26)9-11(2)15(12)27-16(28)13-7-5-4-6-8-13/h4-10H,3H2,1-2H3,(H,27,28). The first-order chi connectivity index (χ1) is 12.8. The van der Waals surface area contributed by atoms with Gasteiger partial charge >= 0.3 is 18.0 Å². The SMILES string of the molecule is CCc1cc(C(F)(C(F)(F)F)C(F)(F)F)cc(C)c1NC(=O)c1ccccc1. The molecule has 0 spiro atoms. The summed E-state index contributed by atoms with van der Waals surface area (Å²) in [6, 6.07) is 8.79. The molecular formula is C19H16F7NO. The third-order valence-electron chi connectivity index (χ3n) is 4.25. The largest absolute Gasteiger partial charge is 0.435 e. The number of halogens is 7. The average Bonchev–Trinajstić information content (AvgIpc) is 2.61. The van der Waals surface area contributed by atoms with Crippen molar-refractivity contribution in [2.24, 2.45) is 0 Å². The first-order valence-corrected chi connectivity index (χ1v) is 8.15. The molecule has 1 amide bonds. The molecule has 2 rings (SSSR count). The van der Waals surface area contributed by atoms with Crippen LogP contribution in [0.25, 0.3) is 0 Å². The molecule has 0 bridgehead atoms. The molecule has 0 unspecified atom stereocenters.